The molecule has 90 valence electrons. The van der Waals surface area contributed by atoms with Gasteiger partial charge < -0.3 is 5.32 Å². The number of amides is 1. The lowest BCUT2D eigenvalue weighted by atomic mass is 10.1. The summed E-state index contributed by atoms with van der Waals surface area (Å²) in [6.45, 7) is 1.50. The Bertz CT molecular complexity index is 547. The van der Waals surface area contributed by atoms with E-state index in [0.29, 0.717) is 0 Å². The van der Waals surface area contributed by atoms with Crippen molar-refractivity contribution in [1.82, 2.24) is 10.3 Å². The second kappa shape index (κ2) is 5.77. The van der Waals surface area contributed by atoms with E-state index in [1.807, 2.05) is 48.5 Å². The fourth-order valence-electron chi connectivity index (χ4n) is 1.63. The van der Waals surface area contributed by atoms with E-state index < -0.39 is 0 Å². The molecule has 0 spiro atoms. The first-order valence-electron chi connectivity index (χ1n) is 5.70. The van der Waals surface area contributed by atoms with Gasteiger partial charge in [-0.1, -0.05) is 30.3 Å². The summed E-state index contributed by atoms with van der Waals surface area (Å²) in [4.78, 5) is 15.2. The lowest BCUT2D eigenvalue weighted by Crippen LogP contribution is -2.17. The molecule has 3 nitrogen and oxygen atoms in total. The Kier molecular flexibility index (Phi) is 3.86. The molecule has 0 saturated carbocycles. The van der Waals surface area contributed by atoms with Crippen LogP contribution in [0.4, 0.5) is 0 Å². The molecule has 0 aliphatic rings. The van der Waals surface area contributed by atoms with Gasteiger partial charge in [0.1, 0.15) is 0 Å². The molecule has 2 rings (SSSR count). The minimum absolute atomic E-state index is 0.0889. The fourth-order valence-corrected chi connectivity index (χ4v) is 1.63. The molecular formula is C15H14N2O. The van der Waals surface area contributed by atoms with Crippen LogP contribution in [0, 0.1) is 0 Å². The molecule has 1 N–H and O–H groups in total. The van der Waals surface area contributed by atoms with E-state index >= 15 is 0 Å². The van der Waals surface area contributed by atoms with Crippen LogP contribution in [-0.4, -0.2) is 10.9 Å². The van der Waals surface area contributed by atoms with Crippen LogP contribution in [-0.2, 0) is 4.79 Å². The predicted molar refractivity (Wildman–Crippen MR) is 72.4 cm³/mol. The van der Waals surface area contributed by atoms with Crippen molar-refractivity contribution in [1.29, 1.82) is 0 Å². The molecule has 18 heavy (non-hydrogen) atoms. The summed E-state index contributed by atoms with van der Waals surface area (Å²) in [5.74, 6) is -0.0889. The molecule has 0 aliphatic carbocycles. The Balaban J connectivity index is 2.37. The first-order chi connectivity index (χ1) is 8.75. The molecule has 0 aliphatic heterocycles. The number of hydrogen-bond acceptors (Lipinski definition) is 2. The van der Waals surface area contributed by atoms with Gasteiger partial charge in [-0.25, -0.2) is 0 Å². The largest absolute Gasteiger partial charge is 0.326 e. The van der Waals surface area contributed by atoms with Crippen LogP contribution >= 0.6 is 0 Å². The van der Waals surface area contributed by atoms with Gasteiger partial charge in [-0.15, -0.1) is 0 Å². The van der Waals surface area contributed by atoms with Crippen LogP contribution in [0.2, 0.25) is 0 Å². The zero-order valence-corrected chi connectivity index (χ0v) is 10.1. The third-order valence-corrected chi connectivity index (χ3v) is 2.41. The first kappa shape index (κ1) is 12.0. The van der Waals surface area contributed by atoms with Gasteiger partial charge >= 0.3 is 0 Å². The summed E-state index contributed by atoms with van der Waals surface area (Å²) in [6, 6.07) is 13.6. The summed E-state index contributed by atoms with van der Waals surface area (Å²) >= 11 is 0. The molecule has 0 bridgehead atoms. The van der Waals surface area contributed by atoms with Gasteiger partial charge in [-0.3, -0.25) is 9.78 Å². The Morgan fingerprint density at radius 2 is 1.78 bits per heavy atom. The van der Waals surface area contributed by atoms with Crippen molar-refractivity contribution < 1.29 is 4.79 Å². The molecule has 0 radical (unpaired) electrons. The van der Waals surface area contributed by atoms with E-state index in [4.69, 9.17) is 0 Å². The lowest BCUT2D eigenvalue weighted by Gasteiger charge is -2.08. The number of rotatable bonds is 3. The highest BCUT2D eigenvalue weighted by Crippen LogP contribution is 2.14. The summed E-state index contributed by atoms with van der Waals surface area (Å²) in [5, 5.41) is 2.84. The smallest absolute Gasteiger partial charge is 0.221 e. The average Bonchev–Trinajstić information content (AvgIpc) is 2.40. The fraction of sp³-hybridized carbons (Fsp3) is 0.0667. The zero-order chi connectivity index (χ0) is 12.8. The zero-order valence-electron chi connectivity index (χ0n) is 10.1. The average molecular weight is 238 g/mol. The Labute approximate surface area is 106 Å². The van der Waals surface area contributed by atoms with Crippen LogP contribution in [0.5, 0.6) is 0 Å². The van der Waals surface area contributed by atoms with Crippen molar-refractivity contribution in [2.24, 2.45) is 0 Å². The second-order valence-corrected chi connectivity index (χ2v) is 3.89. The molecule has 0 atom stereocenters. The Morgan fingerprint density at radius 1 is 1.11 bits per heavy atom. The highest BCUT2D eigenvalue weighted by molar-refractivity contribution is 5.91. The van der Waals surface area contributed by atoms with E-state index in [9.17, 15) is 4.79 Å². The predicted octanol–water partition coefficient (Wildman–Crippen LogP) is 2.72. The number of benzene rings is 1. The van der Waals surface area contributed by atoms with Crippen molar-refractivity contribution in [3.8, 4) is 0 Å². The number of carbonyl (C=O) groups excluding carboxylic acids is 1. The normalized spacial score (nSPS) is 11.1. The molecule has 2 aromatic rings. The van der Waals surface area contributed by atoms with Crippen LogP contribution in [0.15, 0.2) is 54.9 Å². The molecule has 0 saturated heterocycles. The maximum absolute atomic E-state index is 11.3. The van der Waals surface area contributed by atoms with Crippen molar-refractivity contribution in [3.63, 3.8) is 0 Å². The van der Waals surface area contributed by atoms with E-state index in [-0.39, 0.29) is 5.91 Å². The molecule has 1 aromatic carbocycles. The van der Waals surface area contributed by atoms with Crippen molar-refractivity contribution in [3.05, 3.63) is 66.0 Å². The molecule has 0 fully saturated rings. The third kappa shape index (κ3) is 3.28. The van der Waals surface area contributed by atoms with Gasteiger partial charge in [-0.2, -0.15) is 0 Å². The van der Waals surface area contributed by atoms with Gasteiger partial charge in [0.25, 0.3) is 0 Å². The van der Waals surface area contributed by atoms with Crippen LogP contribution in [0.25, 0.3) is 11.8 Å². The van der Waals surface area contributed by atoms with Crippen molar-refractivity contribution >= 4 is 17.7 Å². The number of nitrogens with zero attached hydrogens (tertiary/aromatic N) is 1. The molecule has 1 aromatic heterocycles. The van der Waals surface area contributed by atoms with E-state index in [1.165, 1.54) is 6.92 Å². The maximum Gasteiger partial charge on any atom is 0.221 e. The van der Waals surface area contributed by atoms with Gasteiger partial charge in [-0.05, 0) is 23.8 Å². The molecule has 1 amide bonds. The molecular weight excluding hydrogens is 224 g/mol. The SMILES string of the molecule is CC(=O)NC(=Cc1ccccc1)c1ccncc1. The Morgan fingerprint density at radius 3 is 2.39 bits per heavy atom. The van der Waals surface area contributed by atoms with Crippen LogP contribution in [0.3, 0.4) is 0 Å². The monoisotopic (exact) mass is 238 g/mol. The van der Waals surface area contributed by atoms with Crippen molar-refractivity contribution in [2.45, 2.75) is 6.92 Å². The third-order valence-electron chi connectivity index (χ3n) is 2.41. The topological polar surface area (TPSA) is 42.0 Å². The van der Waals surface area contributed by atoms with Gasteiger partial charge in [0.15, 0.2) is 0 Å². The maximum atomic E-state index is 11.3. The number of nitrogens with one attached hydrogen (secondary N) is 1. The minimum Gasteiger partial charge on any atom is -0.326 e. The second-order valence-electron chi connectivity index (χ2n) is 3.89. The molecule has 1 heterocycles. The molecule has 0 unspecified atom stereocenters. The van der Waals surface area contributed by atoms with Gasteiger partial charge in [0.2, 0.25) is 5.91 Å². The standard InChI is InChI=1S/C15H14N2O/c1-12(18)17-15(14-7-9-16-10-8-14)11-13-5-3-2-4-6-13/h2-11H,1H3,(H,17,18). The highest BCUT2D eigenvalue weighted by Gasteiger charge is 2.03. The van der Waals surface area contributed by atoms with E-state index in [0.717, 1.165) is 16.8 Å². The summed E-state index contributed by atoms with van der Waals surface area (Å²) in [5.41, 5.74) is 2.75. The quantitative estimate of drug-likeness (QED) is 0.893. The van der Waals surface area contributed by atoms with E-state index in [1.54, 1.807) is 12.4 Å². The van der Waals surface area contributed by atoms with Crippen LogP contribution in [0.1, 0.15) is 18.1 Å². The summed E-state index contributed by atoms with van der Waals surface area (Å²) in [6.07, 6.45) is 5.35. The number of aromatic nitrogens is 1. The van der Waals surface area contributed by atoms with Gasteiger partial charge in [0.05, 0.1) is 0 Å². The lowest BCUT2D eigenvalue weighted by molar-refractivity contribution is -0.117. The number of pyridine rings is 1. The number of hydrogen-bond donors (Lipinski definition) is 1. The molecule has 3 heteroatoms. The van der Waals surface area contributed by atoms with Gasteiger partial charge in [0, 0.05) is 30.6 Å². The first-order valence-corrected chi connectivity index (χ1v) is 5.70. The highest BCUT2D eigenvalue weighted by atomic mass is 16.1. The summed E-state index contributed by atoms with van der Waals surface area (Å²) < 4.78 is 0. The number of carbonyl (C=O) groups is 1. The van der Waals surface area contributed by atoms with Crippen molar-refractivity contribution in [2.75, 3.05) is 0 Å². The minimum atomic E-state index is -0.0889. The van der Waals surface area contributed by atoms with E-state index in [2.05, 4.69) is 10.3 Å². The Hall–Kier alpha value is -2.42. The summed E-state index contributed by atoms with van der Waals surface area (Å²) in [7, 11) is 0. The van der Waals surface area contributed by atoms with Crippen LogP contribution < -0.4 is 5.32 Å².